The molecule has 2 heteroatoms. The van der Waals surface area contributed by atoms with E-state index < -0.39 is 5.60 Å². The maximum atomic E-state index is 13.6. The molecule has 0 bridgehead atoms. The summed E-state index contributed by atoms with van der Waals surface area (Å²) in [6.07, 6.45) is 0.835. The lowest BCUT2D eigenvalue weighted by molar-refractivity contribution is 0.0598. The van der Waals surface area contributed by atoms with Gasteiger partial charge in [0.15, 0.2) is 0 Å². The molecule has 0 radical (unpaired) electrons. The van der Waals surface area contributed by atoms with Crippen molar-refractivity contribution in [3.05, 3.63) is 71.0 Å². The predicted octanol–water partition coefficient (Wildman–Crippen LogP) is 3.67. The Morgan fingerprint density at radius 1 is 0.947 bits per heavy atom. The van der Waals surface area contributed by atoms with Crippen LogP contribution in [0.4, 0.5) is 4.39 Å². The molecule has 1 nitrogen and oxygen atoms in total. The first-order valence-electron chi connectivity index (χ1n) is 6.48. The van der Waals surface area contributed by atoms with E-state index in [0.29, 0.717) is 18.4 Å². The predicted molar refractivity (Wildman–Crippen MR) is 75.6 cm³/mol. The molecular formula is C17H19FO. The Bertz CT molecular complexity index is 511. The molecule has 100 valence electrons. The highest BCUT2D eigenvalue weighted by atomic mass is 19.1. The highest BCUT2D eigenvalue weighted by Crippen LogP contribution is 2.22. The van der Waals surface area contributed by atoms with Crippen molar-refractivity contribution in [3.63, 3.8) is 0 Å². The quantitative estimate of drug-likeness (QED) is 0.887. The zero-order valence-corrected chi connectivity index (χ0v) is 11.4. The summed E-state index contributed by atoms with van der Waals surface area (Å²) in [6, 6.07) is 14.6. The van der Waals surface area contributed by atoms with Crippen LogP contribution >= 0.6 is 0 Å². The molecule has 2 aromatic rings. The summed E-state index contributed by atoms with van der Waals surface area (Å²) in [4.78, 5) is 0. The second kappa shape index (κ2) is 5.54. The molecule has 0 saturated heterocycles. The van der Waals surface area contributed by atoms with Crippen LogP contribution in [0.5, 0.6) is 0 Å². The minimum absolute atomic E-state index is 0.257. The number of aryl methyl sites for hydroxylation is 1. The van der Waals surface area contributed by atoms with Crippen molar-refractivity contribution in [2.45, 2.75) is 32.3 Å². The summed E-state index contributed by atoms with van der Waals surface area (Å²) in [5.41, 5.74) is 1.86. The largest absolute Gasteiger partial charge is 0.389 e. The van der Waals surface area contributed by atoms with Crippen LogP contribution in [0.1, 0.15) is 23.6 Å². The third-order valence-corrected chi connectivity index (χ3v) is 3.36. The Balaban J connectivity index is 2.15. The van der Waals surface area contributed by atoms with E-state index in [4.69, 9.17) is 0 Å². The molecule has 0 amide bonds. The van der Waals surface area contributed by atoms with Crippen molar-refractivity contribution in [2.75, 3.05) is 0 Å². The van der Waals surface area contributed by atoms with Gasteiger partial charge in [0.1, 0.15) is 5.82 Å². The van der Waals surface area contributed by atoms with E-state index in [1.807, 2.05) is 31.2 Å². The Morgan fingerprint density at radius 3 is 2.11 bits per heavy atom. The van der Waals surface area contributed by atoms with E-state index in [2.05, 4.69) is 0 Å². The zero-order valence-electron chi connectivity index (χ0n) is 11.4. The van der Waals surface area contributed by atoms with Gasteiger partial charge in [-0.15, -0.1) is 0 Å². The first-order chi connectivity index (χ1) is 8.98. The van der Waals surface area contributed by atoms with Gasteiger partial charge in [0, 0.05) is 12.8 Å². The van der Waals surface area contributed by atoms with E-state index in [0.717, 1.165) is 11.1 Å². The van der Waals surface area contributed by atoms with Crippen LogP contribution in [0.25, 0.3) is 0 Å². The van der Waals surface area contributed by atoms with Gasteiger partial charge in [-0.25, -0.2) is 4.39 Å². The van der Waals surface area contributed by atoms with Crippen molar-refractivity contribution in [3.8, 4) is 0 Å². The normalized spacial score (nSPS) is 14.1. The Hall–Kier alpha value is -1.67. The smallest absolute Gasteiger partial charge is 0.126 e. The third-order valence-electron chi connectivity index (χ3n) is 3.36. The molecule has 0 spiro atoms. The summed E-state index contributed by atoms with van der Waals surface area (Å²) in [5.74, 6) is -0.257. The monoisotopic (exact) mass is 258 g/mol. The van der Waals surface area contributed by atoms with Crippen LogP contribution in [-0.2, 0) is 12.8 Å². The molecule has 2 aromatic carbocycles. The Labute approximate surface area is 113 Å². The van der Waals surface area contributed by atoms with Gasteiger partial charge in [0.25, 0.3) is 0 Å². The van der Waals surface area contributed by atoms with Crippen LogP contribution in [-0.4, -0.2) is 10.7 Å². The minimum atomic E-state index is -0.950. The van der Waals surface area contributed by atoms with Crippen LogP contribution < -0.4 is 0 Å². The van der Waals surface area contributed by atoms with Crippen molar-refractivity contribution in [1.82, 2.24) is 0 Å². The van der Waals surface area contributed by atoms with E-state index in [9.17, 15) is 9.50 Å². The lowest BCUT2D eigenvalue weighted by Gasteiger charge is -2.24. The molecule has 2 rings (SSSR count). The second-order valence-electron chi connectivity index (χ2n) is 5.37. The standard InChI is InChI=1S/C17H19FO/c1-13-7-3-4-8-14(13)11-17(2,19)12-15-9-5-6-10-16(15)18/h3-10,19H,11-12H2,1-2H3. The molecule has 1 atom stereocenters. The Morgan fingerprint density at radius 2 is 1.47 bits per heavy atom. The number of benzene rings is 2. The molecule has 0 aliphatic carbocycles. The molecule has 19 heavy (non-hydrogen) atoms. The number of rotatable bonds is 4. The molecular weight excluding hydrogens is 239 g/mol. The van der Waals surface area contributed by atoms with E-state index in [1.165, 1.54) is 6.07 Å². The molecule has 0 aliphatic rings. The summed E-state index contributed by atoms with van der Waals surface area (Å²) >= 11 is 0. The molecule has 1 unspecified atom stereocenters. The SMILES string of the molecule is Cc1ccccc1CC(C)(O)Cc1ccccc1F. The minimum Gasteiger partial charge on any atom is -0.389 e. The van der Waals surface area contributed by atoms with Crippen LogP contribution in [0.2, 0.25) is 0 Å². The van der Waals surface area contributed by atoms with Crippen molar-refractivity contribution < 1.29 is 9.50 Å². The van der Waals surface area contributed by atoms with Gasteiger partial charge in [0.2, 0.25) is 0 Å². The molecule has 0 saturated carbocycles. The van der Waals surface area contributed by atoms with Gasteiger partial charge in [-0.2, -0.15) is 0 Å². The van der Waals surface area contributed by atoms with Crippen molar-refractivity contribution in [1.29, 1.82) is 0 Å². The average Bonchev–Trinajstić information content (AvgIpc) is 2.35. The lowest BCUT2D eigenvalue weighted by Crippen LogP contribution is -2.30. The maximum absolute atomic E-state index is 13.6. The highest BCUT2D eigenvalue weighted by molar-refractivity contribution is 5.28. The fourth-order valence-electron chi connectivity index (χ4n) is 2.33. The van der Waals surface area contributed by atoms with Gasteiger partial charge < -0.3 is 5.11 Å². The molecule has 0 aromatic heterocycles. The molecule has 1 N–H and O–H groups in total. The van der Waals surface area contributed by atoms with Crippen LogP contribution in [0, 0.1) is 12.7 Å². The van der Waals surface area contributed by atoms with Crippen LogP contribution in [0.15, 0.2) is 48.5 Å². The van der Waals surface area contributed by atoms with Gasteiger partial charge in [-0.05, 0) is 36.6 Å². The average molecular weight is 258 g/mol. The van der Waals surface area contributed by atoms with Gasteiger partial charge in [-0.1, -0.05) is 42.5 Å². The summed E-state index contributed by atoms with van der Waals surface area (Å²) < 4.78 is 13.6. The lowest BCUT2D eigenvalue weighted by atomic mass is 9.88. The molecule has 0 fully saturated rings. The highest BCUT2D eigenvalue weighted by Gasteiger charge is 2.23. The Kier molecular flexibility index (Phi) is 4.01. The number of hydrogen-bond donors (Lipinski definition) is 1. The van der Waals surface area contributed by atoms with E-state index >= 15 is 0 Å². The topological polar surface area (TPSA) is 20.2 Å². The van der Waals surface area contributed by atoms with Gasteiger partial charge >= 0.3 is 0 Å². The number of hydrogen-bond acceptors (Lipinski definition) is 1. The first kappa shape index (κ1) is 13.8. The van der Waals surface area contributed by atoms with Crippen molar-refractivity contribution >= 4 is 0 Å². The van der Waals surface area contributed by atoms with Crippen LogP contribution in [0.3, 0.4) is 0 Å². The van der Waals surface area contributed by atoms with E-state index in [1.54, 1.807) is 25.1 Å². The number of aliphatic hydroxyl groups is 1. The first-order valence-corrected chi connectivity index (χ1v) is 6.48. The maximum Gasteiger partial charge on any atom is 0.126 e. The summed E-state index contributed by atoms with van der Waals surface area (Å²) in [5, 5.41) is 10.5. The zero-order chi connectivity index (χ0) is 13.9. The third kappa shape index (κ3) is 3.65. The van der Waals surface area contributed by atoms with Gasteiger partial charge in [0.05, 0.1) is 5.60 Å². The summed E-state index contributed by atoms with van der Waals surface area (Å²) in [7, 11) is 0. The summed E-state index contributed by atoms with van der Waals surface area (Å²) in [6.45, 7) is 3.78. The fourth-order valence-corrected chi connectivity index (χ4v) is 2.33. The number of halogens is 1. The fraction of sp³-hybridized carbons (Fsp3) is 0.294. The van der Waals surface area contributed by atoms with E-state index in [-0.39, 0.29) is 5.82 Å². The second-order valence-corrected chi connectivity index (χ2v) is 5.37. The molecule has 0 heterocycles. The van der Waals surface area contributed by atoms with Gasteiger partial charge in [-0.3, -0.25) is 0 Å². The van der Waals surface area contributed by atoms with Crippen molar-refractivity contribution in [2.24, 2.45) is 0 Å². The molecule has 0 aliphatic heterocycles.